The molecule has 2 aliphatic rings. The van der Waals surface area contributed by atoms with E-state index in [-0.39, 0.29) is 18.6 Å². The van der Waals surface area contributed by atoms with E-state index in [1.165, 1.54) is 0 Å². The first-order valence-electron chi connectivity index (χ1n) is 8.56. The van der Waals surface area contributed by atoms with Gasteiger partial charge in [-0.05, 0) is 36.2 Å². The van der Waals surface area contributed by atoms with Gasteiger partial charge in [-0.1, -0.05) is 12.1 Å². The van der Waals surface area contributed by atoms with Crippen LogP contribution in [-0.4, -0.2) is 34.5 Å². The SMILES string of the molecule is O=C(NCc1ccccn1)C1CCC(=O)N1Cc1ccc2c(c1)OCO2. The third kappa shape index (κ3) is 3.33. The molecule has 134 valence electrons. The van der Waals surface area contributed by atoms with Gasteiger partial charge in [-0.15, -0.1) is 0 Å². The molecule has 0 saturated carbocycles. The van der Waals surface area contributed by atoms with Crippen LogP contribution in [-0.2, 0) is 22.7 Å². The van der Waals surface area contributed by atoms with Crippen LogP contribution < -0.4 is 14.8 Å². The number of rotatable bonds is 5. The minimum Gasteiger partial charge on any atom is -0.454 e. The number of nitrogens with one attached hydrogen (secondary N) is 1. The second kappa shape index (κ2) is 7.03. The molecule has 0 spiro atoms. The predicted octanol–water partition coefficient (Wildman–Crippen LogP) is 1.62. The second-order valence-electron chi connectivity index (χ2n) is 6.30. The highest BCUT2D eigenvalue weighted by molar-refractivity contribution is 5.90. The summed E-state index contributed by atoms with van der Waals surface area (Å²) >= 11 is 0. The van der Waals surface area contributed by atoms with E-state index in [4.69, 9.17) is 9.47 Å². The summed E-state index contributed by atoms with van der Waals surface area (Å²) in [5, 5.41) is 2.88. The summed E-state index contributed by atoms with van der Waals surface area (Å²) in [6, 6.07) is 10.7. The van der Waals surface area contributed by atoms with Gasteiger partial charge in [0.1, 0.15) is 6.04 Å². The van der Waals surface area contributed by atoms with Gasteiger partial charge in [-0.2, -0.15) is 0 Å². The lowest BCUT2D eigenvalue weighted by atomic mass is 10.1. The van der Waals surface area contributed by atoms with Crippen molar-refractivity contribution < 1.29 is 19.1 Å². The van der Waals surface area contributed by atoms with Crippen molar-refractivity contribution in [2.24, 2.45) is 0 Å². The minimum absolute atomic E-state index is 0.0133. The van der Waals surface area contributed by atoms with Gasteiger partial charge in [0.25, 0.3) is 0 Å². The van der Waals surface area contributed by atoms with Crippen molar-refractivity contribution in [3.8, 4) is 11.5 Å². The average molecular weight is 353 g/mol. The van der Waals surface area contributed by atoms with E-state index in [2.05, 4.69) is 10.3 Å². The molecular formula is C19H19N3O4. The van der Waals surface area contributed by atoms with Gasteiger partial charge in [0.2, 0.25) is 18.6 Å². The Morgan fingerprint density at radius 3 is 2.96 bits per heavy atom. The highest BCUT2D eigenvalue weighted by atomic mass is 16.7. The number of hydrogen-bond acceptors (Lipinski definition) is 5. The molecule has 0 aliphatic carbocycles. The highest BCUT2D eigenvalue weighted by Gasteiger charge is 2.36. The molecule has 1 aromatic carbocycles. The number of pyridine rings is 1. The summed E-state index contributed by atoms with van der Waals surface area (Å²) in [5.41, 5.74) is 1.69. The first-order chi connectivity index (χ1) is 12.7. The van der Waals surface area contributed by atoms with E-state index < -0.39 is 6.04 Å². The summed E-state index contributed by atoms with van der Waals surface area (Å²) in [6.07, 6.45) is 2.59. The smallest absolute Gasteiger partial charge is 0.243 e. The Morgan fingerprint density at radius 1 is 1.23 bits per heavy atom. The van der Waals surface area contributed by atoms with Crippen LogP contribution in [0.15, 0.2) is 42.6 Å². The number of hydrogen-bond donors (Lipinski definition) is 1. The number of likely N-dealkylation sites (tertiary alicyclic amines) is 1. The molecule has 4 rings (SSSR count). The third-order valence-electron chi connectivity index (χ3n) is 4.59. The number of amides is 2. The Bertz CT molecular complexity index is 825. The largest absolute Gasteiger partial charge is 0.454 e. The van der Waals surface area contributed by atoms with Crippen LogP contribution in [0, 0.1) is 0 Å². The molecule has 1 unspecified atom stereocenters. The topological polar surface area (TPSA) is 80.8 Å². The fraction of sp³-hybridized carbons (Fsp3) is 0.316. The van der Waals surface area contributed by atoms with Crippen LogP contribution in [0.5, 0.6) is 11.5 Å². The van der Waals surface area contributed by atoms with E-state index in [1.54, 1.807) is 11.1 Å². The van der Waals surface area contributed by atoms with Gasteiger partial charge >= 0.3 is 0 Å². The van der Waals surface area contributed by atoms with Gasteiger partial charge < -0.3 is 19.7 Å². The van der Waals surface area contributed by atoms with Gasteiger partial charge in [0, 0.05) is 19.2 Å². The molecule has 0 bridgehead atoms. The number of carbonyl (C=O) groups is 2. The van der Waals surface area contributed by atoms with Crippen LogP contribution in [0.4, 0.5) is 0 Å². The Morgan fingerprint density at radius 2 is 2.12 bits per heavy atom. The Hall–Kier alpha value is -3.09. The van der Waals surface area contributed by atoms with Gasteiger partial charge in [0.05, 0.1) is 12.2 Å². The zero-order chi connectivity index (χ0) is 17.9. The molecule has 26 heavy (non-hydrogen) atoms. The first-order valence-corrected chi connectivity index (χ1v) is 8.56. The van der Waals surface area contributed by atoms with Crippen LogP contribution in [0.2, 0.25) is 0 Å². The Kier molecular flexibility index (Phi) is 4.43. The van der Waals surface area contributed by atoms with E-state index >= 15 is 0 Å². The Labute approximate surface area is 150 Å². The Balaban J connectivity index is 1.42. The summed E-state index contributed by atoms with van der Waals surface area (Å²) < 4.78 is 10.7. The summed E-state index contributed by atoms with van der Waals surface area (Å²) in [7, 11) is 0. The number of benzene rings is 1. The average Bonchev–Trinajstić information content (AvgIpc) is 3.27. The van der Waals surface area contributed by atoms with E-state index in [9.17, 15) is 9.59 Å². The molecule has 7 heteroatoms. The van der Waals surface area contributed by atoms with Crippen molar-refractivity contribution in [2.75, 3.05) is 6.79 Å². The van der Waals surface area contributed by atoms with Crippen molar-refractivity contribution in [1.29, 1.82) is 0 Å². The van der Waals surface area contributed by atoms with Crippen molar-refractivity contribution in [3.05, 3.63) is 53.9 Å². The van der Waals surface area contributed by atoms with Crippen LogP contribution in [0.25, 0.3) is 0 Å². The van der Waals surface area contributed by atoms with Gasteiger partial charge in [-0.25, -0.2) is 0 Å². The molecule has 2 amide bonds. The quantitative estimate of drug-likeness (QED) is 0.883. The maximum atomic E-state index is 12.6. The lowest BCUT2D eigenvalue weighted by Gasteiger charge is -2.24. The highest BCUT2D eigenvalue weighted by Crippen LogP contribution is 2.33. The van der Waals surface area contributed by atoms with Crippen LogP contribution in [0.3, 0.4) is 0 Å². The second-order valence-corrected chi connectivity index (χ2v) is 6.30. The van der Waals surface area contributed by atoms with Crippen molar-refractivity contribution in [1.82, 2.24) is 15.2 Å². The standard InChI is InChI=1S/C19H19N3O4/c23-18-7-5-15(19(24)21-10-14-3-1-2-8-20-14)22(18)11-13-4-6-16-17(9-13)26-12-25-16/h1-4,6,8-9,15H,5,7,10-12H2,(H,21,24). The van der Waals surface area contributed by atoms with E-state index in [1.807, 2.05) is 36.4 Å². The van der Waals surface area contributed by atoms with Gasteiger partial charge in [0.15, 0.2) is 11.5 Å². The molecule has 1 aromatic heterocycles. The number of ether oxygens (including phenoxy) is 2. The monoisotopic (exact) mass is 353 g/mol. The van der Waals surface area contributed by atoms with Crippen molar-refractivity contribution in [2.45, 2.75) is 32.0 Å². The summed E-state index contributed by atoms with van der Waals surface area (Å²) in [6.45, 7) is 0.930. The third-order valence-corrected chi connectivity index (χ3v) is 4.59. The summed E-state index contributed by atoms with van der Waals surface area (Å²) in [5.74, 6) is 1.21. The lowest BCUT2D eigenvalue weighted by Crippen LogP contribution is -2.44. The zero-order valence-corrected chi connectivity index (χ0v) is 14.2. The molecule has 2 aliphatic heterocycles. The molecule has 1 atom stereocenters. The van der Waals surface area contributed by atoms with Crippen LogP contribution in [0.1, 0.15) is 24.1 Å². The molecule has 0 radical (unpaired) electrons. The fourth-order valence-electron chi connectivity index (χ4n) is 3.24. The van der Waals surface area contributed by atoms with Crippen molar-refractivity contribution >= 4 is 11.8 Å². The lowest BCUT2D eigenvalue weighted by molar-refractivity contribution is -0.135. The number of carbonyl (C=O) groups excluding carboxylic acids is 2. The van der Waals surface area contributed by atoms with E-state index in [0.717, 1.165) is 11.3 Å². The number of aromatic nitrogens is 1. The fourth-order valence-corrected chi connectivity index (χ4v) is 3.24. The zero-order valence-electron chi connectivity index (χ0n) is 14.2. The maximum absolute atomic E-state index is 12.6. The minimum atomic E-state index is -0.461. The molecule has 1 fully saturated rings. The summed E-state index contributed by atoms with van der Waals surface area (Å²) in [4.78, 5) is 30.7. The van der Waals surface area contributed by atoms with Crippen molar-refractivity contribution in [3.63, 3.8) is 0 Å². The molecule has 2 aromatic rings. The normalized spacial score (nSPS) is 18.2. The number of nitrogens with zero attached hydrogens (tertiary/aromatic N) is 2. The van der Waals surface area contributed by atoms with Gasteiger partial charge in [-0.3, -0.25) is 14.6 Å². The molecular weight excluding hydrogens is 334 g/mol. The number of fused-ring (bicyclic) bond motifs is 1. The predicted molar refractivity (Wildman–Crippen MR) is 92.2 cm³/mol. The first kappa shape index (κ1) is 16.4. The molecule has 7 nitrogen and oxygen atoms in total. The molecule has 1 N–H and O–H groups in total. The maximum Gasteiger partial charge on any atom is 0.243 e. The van der Waals surface area contributed by atoms with E-state index in [0.29, 0.717) is 37.4 Å². The van der Waals surface area contributed by atoms with Crippen LogP contribution >= 0.6 is 0 Å². The molecule has 1 saturated heterocycles. The molecule has 3 heterocycles.